The minimum Gasteiger partial charge on any atom is -0.369 e. The first-order valence-corrected chi connectivity index (χ1v) is 9.30. The summed E-state index contributed by atoms with van der Waals surface area (Å²) in [5.74, 6) is -1.91. The highest BCUT2D eigenvalue weighted by Crippen LogP contribution is 2.38. The predicted molar refractivity (Wildman–Crippen MR) is 107 cm³/mol. The Morgan fingerprint density at radius 1 is 1.07 bits per heavy atom. The quantitative estimate of drug-likeness (QED) is 0.358. The van der Waals surface area contributed by atoms with E-state index in [0.29, 0.717) is 17.1 Å². The lowest BCUT2D eigenvalue weighted by atomic mass is 10.1. The summed E-state index contributed by atoms with van der Waals surface area (Å²) in [5, 5.41) is 4.41. The number of aromatic amines is 1. The molecule has 5 heterocycles. The molecule has 2 atom stereocenters. The number of rotatable bonds is 0. The topological polar surface area (TPSA) is 86.7 Å². The van der Waals surface area contributed by atoms with Gasteiger partial charge in [0.25, 0.3) is 0 Å². The molecule has 4 aliphatic rings. The first-order valence-electron chi connectivity index (χ1n) is 8.51. The number of ketones is 2. The molecule has 8 heteroatoms. The zero-order valence-electron chi connectivity index (χ0n) is 14.2. The van der Waals surface area contributed by atoms with E-state index in [0.717, 1.165) is 10.7 Å². The van der Waals surface area contributed by atoms with E-state index >= 15 is 0 Å². The van der Waals surface area contributed by atoms with Gasteiger partial charge in [-0.2, -0.15) is 0 Å². The third-order valence-corrected chi connectivity index (χ3v) is 5.44. The monoisotopic (exact) mass is 438 g/mol. The molecule has 1 saturated heterocycles. The van der Waals surface area contributed by atoms with Gasteiger partial charge in [-0.05, 0) is 70.6 Å². The van der Waals surface area contributed by atoms with E-state index in [1.165, 1.54) is 12.2 Å². The molecule has 1 fully saturated rings. The molecule has 5 rings (SSSR count). The average Bonchev–Trinajstić information content (AvgIpc) is 3.37. The summed E-state index contributed by atoms with van der Waals surface area (Å²) in [6, 6.07) is 2.88. The van der Waals surface area contributed by atoms with Crippen molar-refractivity contribution in [2.45, 2.75) is 10.5 Å². The zero-order valence-corrected chi connectivity index (χ0v) is 15.8. The average molecular weight is 439 g/mol. The number of nitrogens with zero attached hydrogens (tertiary/aromatic N) is 2. The van der Waals surface area contributed by atoms with Crippen LogP contribution in [0.15, 0.2) is 69.7 Å². The number of hydrogen-bond donors (Lipinski definition) is 2. The van der Waals surface area contributed by atoms with Crippen LogP contribution in [0.4, 0.5) is 4.39 Å². The van der Waals surface area contributed by atoms with Crippen LogP contribution >= 0.6 is 15.9 Å². The van der Waals surface area contributed by atoms with E-state index in [4.69, 9.17) is 0 Å². The second kappa shape index (κ2) is 5.93. The van der Waals surface area contributed by atoms with Crippen LogP contribution in [0.25, 0.3) is 12.2 Å². The molecule has 1 aromatic heterocycles. The Morgan fingerprint density at radius 3 is 2.61 bits per heavy atom. The van der Waals surface area contributed by atoms with E-state index in [2.05, 4.69) is 36.2 Å². The van der Waals surface area contributed by atoms with Crippen LogP contribution in [0.1, 0.15) is 0 Å². The lowest BCUT2D eigenvalue weighted by Crippen LogP contribution is -2.25. The molecular formula is C20H12BrFN4O2. The molecule has 138 valence electrons. The Hall–Kier alpha value is -3.13. The summed E-state index contributed by atoms with van der Waals surface area (Å²) in [7, 11) is 0. The predicted octanol–water partition coefficient (Wildman–Crippen LogP) is 0.877. The smallest absolute Gasteiger partial charge is 0.246 e. The fraction of sp³-hybridized carbons (Fsp3) is 0.100. The van der Waals surface area contributed by atoms with E-state index in [1.807, 2.05) is 24.3 Å². The Bertz CT molecular complexity index is 1260. The van der Waals surface area contributed by atoms with Gasteiger partial charge in [0.05, 0.1) is 22.8 Å². The number of nitrogens with one attached hydrogen (secondary N) is 2. The number of aromatic nitrogens is 1. The lowest BCUT2D eigenvalue weighted by Gasteiger charge is -2.14. The lowest BCUT2D eigenvalue weighted by molar-refractivity contribution is -0.132. The number of halogens is 2. The highest BCUT2D eigenvalue weighted by atomic mass is 79.9. The molecule has 1 aromatic rings. The van der Waals surface area contributed by atoms with Gasteiger partial charge in [-0.25, -0.2) is 9.38 Å². The molecule has 28 heavy (non-hydrogen) atoms. The zero-order chi connectivity index (χ0) is 19.5. The fourth-order valence-electron chi connectivity index (χ4n) is 3.32. The molecule has 6 nitrogen and oxygen atoms in total. The number of Topliss-reactive ketones (excluding diaryl/α,β-unsaturated/α-hetero) is 2. The molecule has 0 amide bonds. The molecular weight excluding hydrogens is 427 g/mol. The third kappa shape index (κ3) is 2.77. The molecule has 0 radical (unpaired) electrons. The van der Waals surface area contributed by atoms with Gasteiger partial charge >= 0.3 is 0 Å². The van der Waals surface area contributed by atoms with Gasteiger partial charge in [0.2, 0.25) is 11.6 Å². The minimum absolute atomic E-state index is 0.00395. The van der Waals surface area contributed by atoms with Gasteiger partial charge in [0, 0.05) is 10.7 Å². The number of hydrogen-bond acceptors (Lipinski definition) is 5. The second-order valence-corrected chi connectivity index (χ2v) is 7.90. The van der Waals surface area contributed by atoms with Gasteiger partial charge in [-0.15, -0.1) is 0 Å². The van der Waals surface area contributed by atoms with Crippen LogP contribution in [0.3, 0.4) is 0 Å². The number of carbonyl (C=O) groups is 2. The first kappa shape index (κ1) is 17.0. The summed E-state index contributed by atoms with van der Waals surface area (Å²) in [4.78, 5) is 36.7. The van der Waals surface area contributed by atoms with Crippen molar-refractivity contribution < 1.29 is 14.0 Å². The van der Waals surface area contributed by atoms with Gasteiger partial charge in [-0.3, -0.25) is 14.6 Å². The Labute approximate surface area is 166 Å². The number of fused-ring (bicyclic) bond motifs is 6. The van der Waals surface area contributed by atoms with E-state index in [-0.39, 0.29) is 5.70 Å². The SMILES string of the molecule is O=C1C(=O)C2C=C3C=CC(=N3)C=c3ccc([nH]3)=CC3=NC(Br)(C=C1N2)C(F)=C3. The largest absolute Gasteiger partial charge is 0.369 e. The van der Waals surface area contributed by atoms with Crippen LogP contribution in [0.5, 0.6) is 0 Å². The fourth-order valence-corrected chi connectivity index (χ4v) is 3.87. The summed E-state index contributed by atoms with van der Waals surface area (Å²) in [6.07, 6.45) is 11.3. The maximum absolute atomic E-state index is 14.6. The number of alkyl halides is 1. The van der Waals surface area contributed by atoms with Crippen molar-refractivity contribution in [2.75, 3.05) is 0 Å². The molecule has 0 aliphatic carbocycles. The highest BCUT2D eigenvalue weighted by molar-refractivity contribution is 9.10. The normalized spacial score (nSPS) is 27.9. The van der Waals surface area contributed by atoms with Crippen molar-refractivity contribution in [3.8, 4) is 0 Å². The number of aliphatic imine (C=N–C) groups is 2. The van der Waals surface area contributed by atoms with E-state index in [9.17, 15) is 14.0 Å². The molecule has 8 bridgehead atoms. The highest BCUT2D eigenvalue weighted by Gasteiger charge is 2.41. The maximum atomic E-state index is 14.6. The van der Waals surface area contributed by atoms with Gasteiger partial charge in [0.15, 0.2) is 4.45 Å². The summed E-state index contributed by atoms with van der Waals surface area (Å²) < 4.78 is 13.1. The van der Waals surface area contributed by atoms with Crippen molar-refractivity contribution in [1.29, 1.82) is 0 Å². The minimum atomic E-state index is -1.53. The maximum Gasteiger partial charge on any atom is 0.246 e. The van der Waals surface area contributed by atoms with Crippen LogP contribution in [-0.2, 0) is 9.59 Å². The molecule has 0 saturated carbocycles. The molecule has 4 aliphatic heterocycles. The standard InChI is InChI=1S/C20H12BrFN4O2/c21-20-9-16-19(28)18(27)15(25-16)7-13-4-3-11(24-13)5-10-1-2-12(23-10)6-14(26-20)8-17(20)22/h1-9,15,23,25H. The summed E-state index contributed by atoms with van der Waals surface area (Å²) in [5.41, 5.74) is 1.67. The van der Waals surface area contributed by atoms with Crippen molar-refractivity contribution in [3.63, 3.8) is 0 Å². The Balaban J connectivity index is 1.72. The van der Waals surface area contributed by atoms with Crippen LogP contribution < -0.4 is 16.0 Å². The van der Waals surface area contributed by atoms with Crippen LogP contribution in [0.2, 0.25) is 0 Å². The third-order valence-electron chi connectivity index (χ3n) is 4.66. The van der Waals surface area contributed by atoms with Crippen LogP contribution in [0, 0.1) is 0 Å². The summed E-state index contributed by atoms with van der Waals surface area (Å²) >= 11 is 3.25. The summed E-state index contributed by atoms with van der Waals surface area (Å²) in [6.45, 7) is 0. The molecule has 2 unspecified atom stereocenters. The van der Waals surface area contributed by atoms with Crippen molar-refractivity contribution in [1.82, 2.24) is 10.3 Å². The molecule has 0 spiro atoms. The number of carbonyl (C=O) groups excluding carboxylic acids is 2. The number of allylic oxidation sites excluding steroid dienone is 4. The van der Waals surface area contributed by atoms with Gasteiger partial charge < -0.3 is 10.3 Å². The van der Waals surface area contributed by atoms with E-state index in [1.54, 1.807) is 18.2 Å². The van der Waals surface area contributed by atoms with Crippen LogP contribution in [-0.4, -0.2) is 38.5 Å². The van der Waals surface area contributed by atoms with Gasteiger partial charge in [0.1, 0.15) is 11.9 Å². The second-order valence-electron chi connectivity index (χ2n) is 6.69. The molecule has 0 aromatic carbocycles. The number of H-pyrrole nitrogens is 1. The van der Waals surface area contributed by atoms with Crippen molar-refractivity contribution in [2.24, 2.45) is 9.98 Å². The van der Waals surface area contributed by atoms with E-state index < -0.39 is 27.9 Å². The van der Waals surface area contributed by atoms with Crippen molar-refractivity contribution >= 4 is 51.1 Å². The Kier molecular flexibility index (Phi) is 3.60. The first-order chi connectivity index (χ1) is 13.4. The molecule has 2 N–H and O–H groups in total. The van der Waals surface area contributed by atoms with Gasteiger partial charge in [-0.1, -0.05) is 0 Å². The Morgan fingerprint density at radius 2 is 1.82 bits per heavy atom. The van der Waals surface area contributed by atoms with Crippen molar-refractivity contribution in [3.05, 3.63) is 70.4 Å².